The average molecular weight is 431 g/mol. The zero-order valence-corrected chi connectivity index (χ0v) is 19.1. The fourth-order valence-electron chi connectivity index (χ4n) is 4.54. The van der Waals surface area contributed by atoms with E-state index in [2.05, 4.69) is 70.5 Å². The first-order valence-corrected chi connectivity index (χ1v) is 11.8. The van der Waals surface area contributed by atoms with Gasteiger partial charge >= 0.3 is 0 Å². The highest BCUT2D eigenvalue weighted by Crippen LogP contribution is 2.27. The molecule has 1 saturated heterocycles. The van der Waals surface area contributed by atoms with Crippen LogP contribution in [0.4, 0.5) is 0 Å². The van der Waals surface area contributed by atoms with E-state index in [0.29, 0.717) is 0 Å². The maximum atomic E-state index is 6.16. The molecule has 0 amide bonds. The Kier molecular flexibility index (Phi) is 8.16. The average Bonchev–Trinajstić information content (AvgIpc) is 2.85. The van der Waals surface area contributed by atoms with Crippen LogP contribution in [0.5, 0.6) is 11.6 Å². The van der Waals surface area contributed by atoms with Crippen LogP contribution in [-0.2, 0) is 19.4 Å². The normalized spacial score (nSPS) is 14.9. The number of aryl methyl sites for hydroxylation is 1. The van der Waals surface area contributed by atoms with Gasteiger partial charge in [-0.15, -0.1) is 0 Å². The summed E-state index contributed by atoms with van der Waals surface area (Å²) in [4.78, 5) is 6.85. The van der Waals surface area contributed by atoms with Gasteiger partial charge in [-0.3, -0.25) is 4.90 Å². The van der Waals surface area contributed by atoms with E-state index >= 15 is 0 Å². The van der Waals surface area contributed by atoms with E-state index in [1.165, 1.54) is 36.0 Å². The third-order valence-electron chi connectivity index (χ3n) is 6.43. The van der Waals surface area contributed by atoms with Gasteiger partial charge in [-0.05, 0) is 68.0 Å². The number of piperidine rings is 1. The minimum absolute atomic E-state index is 0.719. The molecule has 4 nitrogen and oxygen atoms in total. The van der Waals surface area contributed by atoms with Gasteiger partial charge in [0.2, 0.25) is 5.88 Å². The van der Waals surface area contributed by atoms with Gasteiger partial charge in [0.05, 0.1) is 13.7 Å². The number of hydrogen-bond acceptors (Lipinski definition) is 4. The zero-order valence-electron chi connectivity index (χ0n) is 19.1. The second kappa shape index (κ2) is 11.7. The highest BCUT2D eigenvalue weighted by atomic mass is 16.5. The standard InChI is InChI=1S/C28H34N2O2/c1-31-28-26(11-7-18-29-28)22-30-19-15-24(16-20-30)13-14-25-10-5-6-12-27(25)32-21-17-23-8-3-2-4-9-23/h2-12,18,24H,13-17,19-22H2,1H3. The summed E-state index contributed by atoms with van der Waals surface area (Å²) >= 11 is 0. The van der Waals surface area contributed by atoms with Gasteiger partial charge in [-0.1, -0.05) is 54.6 Å². The maximum absolute atomic E-state index is 6.16. The van der Waals surface area contributed by atoms with E-state index < -0.39 is 0 Å². The first-order valence-electron chi connectivity index (χ1n) is 11.8. The predicted molar refractivity (Wildman–Crippen MR) is 129 cm³/mol. The van der Waals surface area contributed by atoms with Crippen molar-refractivity contribution in [2.45, 2.75) is 38.6 Å². The third kappa shape index (κ3) is 6.33. The van der Waals surface area contributed by atoms with Crippen LogP contribution in [0.25, 0.3) is 0 Å². The molecule has 0 atom stereocenters. The Bertz CT molecular complexity index is 952. The highest BCUT2D eigenvalue weighted by molar-refractivity contribution is 5.33. The SMILES string of the molecule is COc1ncccc1CN1CCC(CCc2ccccc2OCCc2ccccc2)CC1. The molecule has 1 fully saturated rings. The molecular formula is C28H34N2O2. The Labute approximate surface area is 192 Å². The Morgan fingerprint density at radius 3 is 2.44 bits per heavy atom. The molecule has 2 heterocycles. The first kappa shape index (κ1) is 22.3. The second-order valence-corrected chi connectivity index (χ2v) is 8.62. The molecule has 3 aromatic rings. The van der Waals surface area contributed by atoms with E-state index in [4.69, 9.17) is 9.47 Å². The van der Waals surface area contributed by atoms with E-state index in [1.807, 2.05) is 6.07 Å². The largest absolute Gasteiger partial charge is 0.493 e. The number of methoxy groups -OCH3 is 1. The monoisotopic (exact) mass is 430 g/mol. The van der Waals surface area contributed by atoms with Gasteiger partial charge in [0.15, 0.2) is 0 Å². The van der Waals surface area contributed by atoms with Crippen LogP contribution in [0, 0.1) is 5.92 Å². The number of aromatic nitrogens is 1. The van der Waals surface area contributed by atoms with Crippen LogP contribution in [0.15, 0.2) is 72.9 Å². The smallest absolute Gasteiger partial charge is 0.217 e. The van der Waals surface area contributed by atoms with Crippen LogP contribution in [-0.4, -0.2) is 36.7 Å². The third-order valence-corrected chi connectivity index (χ3v) is 6.43. The summed E-state index contributed by atoms with van der Waals surface area (Å²) in [6, 6.07) is 23.2. The zero-order chi connectivity index (χ0) is 22.0. The molecule has 0 bridgehead atoms. The molecule has 4 rings (SSSR count). The second-order valence-electron chi connectivity index (χ2n) is 8.62. The van der Waals surface area contributed by atoms with E-state index in [0.717, 1.165) is 56.6 Å². The molecule has 2 aromatic carbocycles. The topological polar surface area (TPSA) is 34.6 Å². The molecule has 168 valence electrons. The minimum Gasteiger partial charge on any atom is -0.493 e. The van der Waals surface area contributed by atoms with Crippen molar-refractivity contribution < 1.29 is 9.47 Å². The summed E-state index contributed by atoms with van der Waals surface area (Å²) in [5, 5.41) is 0. The lowest BCUT2D eigenvalue weighted by Gasteiger charge is -2.32. The fraction of sp³-hybridized carbons (Fsp3) is 0.393. The molecule has 0 N–H and O–H groups in total. The lowest BCUT2D eigenvalue weighted by Crippen LogP contribution is -2.33. The van der Waals surface area contributed by atoms with Crippen molar-refractivity contribution in [3.63, 3.8) is 0 Å². The summed E-state index contributed by atoms with van der Waals surface area (Å²) < 4.78 is 11.6. The Balaban J connectivity index is 1.22. The van der Waals surface area contributed by atoms with E-state index in [-0.39, 0.29) is 0 Å². The number of likely N-dealkylation sites (tertiary alicyclic amines) is 1. The minimum atomic E-state index is 0.719. The van der Waals surface area contributed by atoms with Gasteiger partial charge in [0.25, 0.3) is 0 Å². The van der Waals surface area contributed by atoms with E-state index in [1.54, 1.807) is 13.3 Å². The fourth-order valence-corrected chi connectivity index (χ4v) is 4.54. The lowest BCUT2D eigenvalue weighted by atomic mass is 9.90. The van der Waals surface area contributed by atoms with Crippen molar-refractivity contribution in [1.29, 1.82) is 0 Å². The van der Waals surface area contributed by atoms with E-state index in [9.17, 15) is 0 Å². The van der Waals surface area contributed by atoms with Gasteiger partial charge < -0.3 is 9.47 Å². The lowest BCUT2D eigenvalue weighted by molar-refractivity contribution is 0.170. The summed E-state index contributed by atoms with van der Waals surface area (Å²) in [7, 11) is 1.70. The number of rotatable bonds is 10. The molecule has 0 aliphatic carbocycles. The van der Waals surface area contributed by atoms with Crippen LogP contribution in [0.2, 0.25) is 0 Å². The number of ether oxygens (including phenoxy) is 2. The molecule has 0 spiro atoms. The number of nitrogens with zero attached hydrogens (tertiary/aromatic N) is 2. The molecule has 1 aliphatic rings. The molecule has 1 aromatic heterocycles. The Hall–Kier alpha value is -2.85. The number of hydrogen-bond donors (Lipinski definition) is 0. The molecule has 0 saturated carbocycles. The molecule has 0 radical (unpaired) electrons. The summed E-state index contributed by atoms with van der Waals surface area (Å²) in [5.41, 5.74) is 3.83. The number of pyridine rings is 1. The van der Waals surface area contributed by atoms with Gasteiger partial charge in [-0.25, -0.2) is 4.98 Å². The predicted octanol–water partition coefficient (Wildman–Crippen LogP) is 5.56. The summed E-state index contributed by atoms with van der Waals surface area (Å²) in [5.74, 6) is 2.57. The van der Waals surface area contributed by atoms with Crippen molar-refractivity contribution >= 4 is 0 Å². The molecule has 32 heavy (non-hydrogen) atoms. The van der Waals surface area contributed by atoms with Gasteiger partial charge in [-0.2, -0.15) is 0 Å². The van der Waals surface area contributed by atoms with Crippen molar-refractivity contribution in [2.24, 2.45) is 5.92 Å². The van der Waals surface area contributed by atoms with Crippen molar-refractivity contribution in [3.8, 4) is 11.6 Å². The van der Waals surface area contributed by atoms with Crippen LogP contribution in [0.1, 0.15) is 36.0 Å². The van der Waals surface area contributed by atoms with Crippen LogP contribution < -0.4 is 9.47 Å². The number of para-hydroxylation sites is 1. The van der Waals surface area contributed by atoms with Crippen LogP contribution in [0.3, 0.4) is 0 Å². The van der Waals surface area contributed by atoms with Crippen molar-refractivity contribution in [1.82, 2.24) is 9.88 Å². The first-order chi connectivity index (χ1) is 15.8. The Morgan fingerprint density at radius 1 is 0.875 bits per heavy atom. The molecule has 4 heteroatoms. The maximum Gasteiger partial charge on any atom is 0.217 e. The molecule has 1 aliphatic heterocycles. The number of benzene rings is 2. The van der Waals surface area contributed by atoms with Crippen molar-refractivity contribution in [3.05, 3.63) is 89.6 Å². The van der Waals surface area contributed by atoms with Crippen LogP contribution >= 0.6 is 0 Å². The van der Waals surface area contributed by atoms with Gasteiger partial charge in [0.1, 0.15) is 5.75 Å². The summed E-state index contributed by atoms with van der Waals surface area (Å²) in [6.45, 7) is 3.91. The highest BCUT2D eigenvalue weighted by Gasteiger charge is 2.20. The summed E-state index contributed by atoms with van der Waals surface area (Å²) in [6.07, 6.45) is 7.54. The van der Waals surface area contributed by atoms with Crippen molar-refractivity contribution in [2.75, 3.05) is 26.8 Å². The quantitative estimate of drug-likeness (QED) is 0.422. The molecular weight excluding hydrogens is 396 g/mol. The molecule has 0 unspecified atom stereocenters. The van der Waals surface area contributed by atoms with Gasteiger partial charge in [0, 0.05) is 24.7 Å². The Morgan fingerprint density at radius 2 is 1.62 bits per heavy atom.